The topological polar surface area (TPSA) is 60.0 Å². The Bertz CT molecular complexity index is 824. The van der Waals surface area contributed by atoms with Crippen molar-refractivity contribution in [3.05, 3.63) is 48.4 Å². The number of aromatic nitrogens is 3. The SMILES string of the molecule is CN1CCCC(c2cn(-c3ccccc3)c3c(N)ncnc23)C1. The van der Waals surface area contributed by atoms with Crippen LogP contribution >= 0.6 is 0 Å². The van der Waals surface area contributed by atoms with Crippen LogP contribution in [0.5, 0.6) is 0 Å². The zero-order chi connectivity index (χ0) is 15.8. The van der Waals surface area contributed by atoms with Gasteiger partial charge in [0.2, 0.25) is 0 Å². The Morgan fingerprint density at radius 2 is 2.00 bits per heavy atom. The third-order valence-corrected chi connectivity index (χ3v) is 4.73. The highest BCUT2D eigenvalue weighted by Crippen LogP contribution is 2.34. The number of piperidine rings is 1. The first-order valence-corrected chi connectivity index (χ1v) is 8.09. The number of rotatable bonds is 2. The number of anilines is 1. The van der Waals surface area contributed by atoms with Gasteiger partial charge in [0.25, 0.3) is 0 Å². The van der Waals surface area contributed by atoms with Crippen LogP contribution in [0.1, 0.15) is 24.3 Å². The minimum Gasteiger partial charge on any atom is -0.382 e. The molecule has 1 aliphatic rings. The molecule has 1 fully saturated rings. The molecule has 5 heteroatoms. The molecular formula is C18H21N5. The summed E-state index contributed by atoms with van der Waals surface area (Å²) >= 11 is 0. The van der Waals surface area contributed by atoms with Gasteiger partial charge in [-0.3, -0.25) is 0 Å². The van der Waals surface area contributed by atoms with Crippen LogP contribution < -0.4 is 5.73 Å². The lowest BCUT2D eigenvalue weighted by atomic mass is 9.92. The van der Waals surface area contributed by atoms with Crippen molar-refractivity contribution < 1.29 is 0 Å². The Hall–Kier alpha value is -2.40. The standard InChI is InChI=1S/C18H21N5/c1-22-9-5-6-13(10-22)15-11-23(14-7-3-2-4-8-14)17-16(15)20-12-21-18(17)19/h2-4,7-8,11-13H,5-6,9-10H2,1H3,(H2,19,20,21). The predicted molar refractivity (Wildman–Crippen MR) is 92.7 cm³/mol. The number of likely N-dealkylation sites (N-methyl/N-ethyl adjacent to an activating group) is 1. The molecule has 0 saturated carbocycles. The second-order valence-electron chi connectivity index (χ2n) is 6.35. The number of para-hydroxylation sites is 1. The van der Waals surface area contributed by atoms with Gasteiger partial charge in [-0.25, -0.2) is 9.97 Å². The second kappa shape index (κ2) is 5.66. The number of nitrogens with zero attached hydrogens (tertiary/aromatic N) is 4. The van der Waals surface area contributed by atoms with E-state index in [1.54, 1.807) is 6.33 Å². The average Bonchev–Trinajstić information content (AvgIpc) is 2.97. The maximum atomic E-state index is 6.18. The van der Waals surface area contributed by atoms with E-state index in [2.05, 4.69) is 44.8 Å². The second-order valence-corrected chi connectivity index (χ2v) is 6.35. The van der Waals surface area contributed by atoms with Gasteiger partial charge in [-0.1, -0.05) is 18.2 Å². The molecule has 1 unspecified atom stereocenters. The number of benzene rings is 1. The lowest BCUT2D eigenvalue weighted by Gasteiger charge is -2.29. The number of hydrogen-bond acceptors (Lipinski definition) is 4. The molecule has 4 rings (SSSR count). The van der Waals surface area contributed by atoms with E-state index in [1.807, 2.05) is 18.2 Å². The lowest BCUT2D eigenvalue weighted by molar-refractivity contribution is 0.251. The van der Waals surface area contributed by atoms with Gasteiger partial charge in [0, 0.05) is 29.9 Å². The van der Waals surface area contributed by atoms with Crippen molar-refractivity contribution >= 4 is 16.9 Å². The first-order valence-electron chi connectivity index (χ1n) is 8.09. The van der Waals surface area contributed by atoms with E-state index < -0.39 is 0 Å². The molecule has 2 aromatic heterocycles. The molecule has 0 aliphatic carbocycles. The predicted octanol–water partition coefficient (Wildman–Crippen LogP) is 2.81. The van der Waals surface area contributed by atoms with Gasteiger partial charge in [-0.05, 0) is 38.6 Å². The summed E-state index contributed by atoms with van der Waals surface area (Å²) < 4.78 is 2.13. The van der Waals surface area contributed by atoms with Gasteiger partial charge < -0.3 is 15.2 Å². The first kappa shape index (κ1) is 14.2. The van der Waals surface area contributed by atoms with Gasteiger partial charge in [0.1, 0.15) is 11.8 Å². The fraction of sp³-hybridized carbons (Fsp3) is 0.333. The van der Waals surface area contributed by atoms with E-state index >= 15 is 0 Å². The summed E-state index contributed by atoms with van der Waals surface area (Å²) in [5.41, 5.74) is 10.5. The summed E-state index contributed by atoms with van der Waals surface area (Å²) in [6.45, 7) is 2.24. The van der Waals surface area contributed by atoms with E-state index in [1.165, 1.54) is 24.9 Å². The molecule has 0 spiro atoms. The lowest BCUT2D eigenvalue weighted by Crippen LogP contribution is -2.30. The Morgan fingerprint density at radius 1 is 1.17 bits per heavy atom. The van der Waals surface area contributed by atoms with E-state index in [0.29, 0.717) is 11.7 Å². The summed E-state index contributed by atoms with van der Waals surface area (Å²) in [6, 6.07) is 10.3. The molecule has 1 saturated heterocycles. The van der Waals surface area contributed by atoms with Crippen LogP contribution in [0, 0.1) is 0 Å². The van der Waals surface area contributed by atoms with Gasteiger partial charge in [0.05, 0.1) is 5.52 Å². The fourth-order valence-electron chi connectivity index (χ4n) is 3.62. The van der Waals surface area contributed by atoms with Crippen molar-refractivity contribution in [1.82, 2.24) is 19.4 Å². The van der Waals surface area contributed by atoms with Gasteiger partial charge >= 0.3 is 0 Å². The smallest absolute Gasteiger partial charge is 0.151 e. The third-order valence-electron chi connectivity index (χ3n) is 4.73. The van der Waals surface area contributed by atoms with Crippen molar-refractivity contribution in [3.63, 3.8) is 0 Å². The zero-order valence-electron chi connectivity index (χ0n) is 13.3. The minimum atomic E-state index is 0.496. The quantitative estimate of drug-likeness (QED) is 0.791. The van der Waals surface area contributed by atoms with Crippen LogP contribution in [0.25, 0.3) is 16.7 Å². The number of nitrogen functional groups attached to an aromatic ring is 1. The van der Waals surface area contributed by atoms with Crippen molar-refractivity contribution in [2.24, 2.45) is 0 Å². The molecule has 1 aromatic carbocycles. The van der Waals surface area contributed by atoms with Crippen LogP contribution in [-0.4, -0.2) is 39.6 Å². The number of nitrogens with two attached hydrogens (primary N) is 1. The van der Waals surface area contributed by atoms with Crippen LogP contribution in [0.4, 0.5) is 5.82 Å². The maximum Gasteiger partial charge on any atom is 0.151 e. The van der Waals surface area contributed by atoms with E-state index in [0.717, 1.165) is 23.3 Å². The number of hydrogen-bond donors (Lipinski definition) is 1. The van der Waals surface area contributed by atoms with Gasteiger partial charge in [0.15, 0.2) is 5.82 Å². The van der Waals surface area contributed by atoms with Crippen LogP contribution in [0.2, 0.25) is 0 Å². The summed E-state index contributed by atoms with van der Waals surface area (Å²) in [5, 5.41) is 0. The third kappa shape index (κ3) is 2.47. The van der Waals surface area contributed by atoms with Crippen LogP contribution in [0.15, 0.2) is 42.9 Å². The van der Waals surface area contributed by atoms with E-state index in [9.17, 15) is 0 Å². The molecule has 23 heavy (non-hydrogen) atoms. The van der Waals surface area contributed by atoms with E-state index in [4.69, 9.17) is 5.73 Å². The summed E-state index contributed by atoms with van der Waals surface area (Å²) in [4.78, 5) is 11.2. The number of likely N-dealkylation sites (tertiary alicyclic amines) is 1. The first-order chi connectivity index (χ1) is 11.2. The summed E-state index contributed by atoms with van der Waals surface area (Å²) in [5.74, 6) is 1.03. The molecule has 5 nitrogen and oxygen atoms in total. The highest BCUT2D eigenvalue weighted by molar-refractivity contribution is 5.90. The fourth-order valence-corrected chi connectivity index (χ4v) is 3.62. The maximum absolute atomic E-state index is 6.18. The molecular weight excluding hydrogens is 286 g/mol. The number of fused-ring (bicyclic) bond motifs is 1. The highest BCUT2D eigenvalue weighted by atomic mass is 15.1. The monoisotopic (exact) mass is 307 g/mol. The van der Waals surface area contributed by atoms with E-state index in [-0.39, 0.29) is 0 Å². The Morgan fingerprint density at radius 3 is 2.78 bits per heavy atom. The molecule has 118 valence electrons. The largest absolute Gasteiger partial charge is 0.382 e. The van der Waals surface area contributed by atoms with Gasteiger partial charge in [-0.2, -0.15) is 0 Å². The van der Waals surface area contributed by atoms with Crippen LogP contribution in [0.3, 0.4) is 0 Å². The van der Waals surface area contributed by atoms with Gasteiger partial charge in [-0.15, -0.1) is 0 Å². The molecule has 0 radical (unpaired) electrons. The highest BCUT2D eigenvalue weighted by Gasteiger charge is 2.24. The molecule has 3 aromatic rings. The minimum absolute atomic E-state index is 0.496. The van der Waals surface area contributed by atoms with Crippen molar-refractivity contribution in [2.75, 3.05) is 25.9 Å². The summed E-state index contributed by atoms with van der Waals surface area (Å²) in [7, 11) is 2.19. The molecule has 0 amide bonds. The Balaban J connectivity index is 1.91. The average molecular weight is 307 g/mol. The van der Waals surface area contributed by atoms with Crippen molar-refractivity contribution in [1.29, 1.82) is 0 Å². The molecule has 3 heterocycles. The molecule has 1 atom stereocenters. The Kier molecular flexibility index (Phi) is 3.50. The van der Waals surface area contributed by atoms with Crippen molar-refractivity contribution in [2.45, 2.75) is 18.8 Å². The summed E-state index contributed by atoms with van der Waals surface area (Å²) in [6.07, 6.45) is 6.19. The molecule has 1 aliphatic heterocycles. The normalized spacial score (nSPS) is 19.3. The molecule has 2 N–H and O–H groups in total. The Labute approximate surface area is 135 Å². The van der Waals surface area contributed by atoms with Crippen molar-refractivity contribution in [3.8, 4) is 5.69 Å². The zero-order valence-corrected chi connectivity index (χ0v) is 13.3. The van der Waals surface area contributed by atoms with Crippen LogP contribution in [-0.2, 0) is 0 Å². The molecule has 0 bridgehead atoms.